The molecule has 0 aliphatic heterocycles. The summed E-state index contributed by atoms with van der Waals surface area (Å²) in [6.45, 7) is 6.24. The van der Waals surface area contributed by atoms with E-state index in [1.807, 2.05) is 12.1 Å². The van der Waals surface area contributed by atoms with E-state index in [0.717, 1.165) is 25.9 Å². The summed E-state index contributed by atoms with van der Waals surface area (Å²) in [6, 6.07) is 16.4. The molecule has 1 unspecified atom stereocenters. The normalized spacial score (nSPS) is 12.3. The summed E-state index contributed by atoms with van der Waals surface area (Å²) in [5, 5.41) is 13.1. The average molecular weight is 283 g/mol. The SMILES string of the molecule is CCNCC(Cc1ccc(C)cc1)Cc1cccc(O)c1. The van der Waals surface area contributed by atoms with Gasteiger partial charge in [0.25, 0.3) is 0 Å². The molecule has 2 aromatic carbocycles. The molecule has 0 saturated heterocycles. The summed E-state index contributed by atoms with van der Waals surface area (Å²) in [6.07, 6.45) is 2.04. The van der Waals surface area contributed by atoms with Crippen LogP contribution in [-0.2, 0) is 12.8 Å². The van der Waals surface area contributed by atoms with Gasteiger partial charge in [-0.2, -0.15) is 0 Å². The zero-order valence-corrected chi connectivity index (χ0v) is 13.0. The van der Waals surface area contributed by atoms with E-state index < -0.39 is 0 Å². The Morgan fingerprint density at radius 3 is 2.38 bits per heavy atom. The Bertz CT molecular complexity index is 548. The molecule has 0 saturated carbocycles. The predicted octanol–water partition coefficient (Wildman–Crippen LogP) is 3.71. The Hall–Kier alpha value is -1.80. The van der Waals surface area contributed by atoms with Crippen molar-refractivity contribution in [3.8, 4) is 5.75 Å². The van der Waals surface area contributed by atoms with Crippen LogP contribution in [0.4, 0.5) is 0 Å². The van der Waals surface area contributed by atoms with Crippen LogP contribution < -0.4 is 5.32 Å². The molecule has 21 heavy (non-hydrogen) atoms. The number of aromatic hydroxyl groups is 1. The molecule has 2 nitrogen and oxygen atoms in total. The number of benzene rings is 2. The number of rotatable bonds is 7. The van der Waals surface area contributed by atoms with E-state index >= 15 is 0 Å². The molecule has 1 atom stereocenters. The van der Waals surface area contributed by atoms with Crippen molar-refractivity contribution in [2.24, 2.45) is 5.92 Å². The van der Waals surface area contributed by atoms with Crippen molar-refractivity contribution in [2.45, 2.75) is 26.7 Å². The number of phenolic OH excluding ortho intramolecular Hbond substituents is 1. The van der Waals surface area contributed by atoms with Crippen molar-refractivity contribution in [2.75, 3.05) is 13.1 Å². The summed E-state index contributed by atoms with van der Waals surface area (Å²) in [4.78, 5) is 0. The molecule has 2 rings (SSSR count). The van der Waals surface area contributed by atoms with Gasteiger partial charge >= 0.3 is 0 Å². The van der Waals surface area contributed by atoms with Gasteiger partial charge in [0.05, 0.1) is 0 Å². The van der Waals surface area contributed by atoms with Gasteiger partial charge in [0, 0.05) is 0 Å². The molecule has 0 heterocycles. The molecule has 2 heteroatoms. The van der Waals surface area contributed by atoms with Crippen LogP contribution in [0.1, 0.15) is 23.6 Å². The van der Waals surface area contributed by atoms with E-state index in [2.05, 4.69) is 49.5 Å². The zero-order valence-electron chi connectivity index (χ0n) is 13.0. The maximum absolute atomic E-state index is 9.61. The minimum Gasteiger partial charge on any atom is -0.508 e. The molecule has 0 aromatic heterocycles. The van der Waals surface area contributed by atoms with Gasteiger partial charge in [-0.3, -0.25) is 0 Å². The zero-order chi connectivity index (χ0) is 15.1. The van der Waals surface area contributed by atoms with Crippen molar-refractivity contribution in [3.05, 3.63) is 65.2 Å². The van der Waals surface area contributed by atoms with Crippen LogP contribution in [0, 0.1) is 12.8 Å². The molecule has 0 aliphatic carbocycles. The van der Waals surface area contributed by atoms with E-state index in [-0.39, 0.29) is 0 Å². The molecule has 0 amide bonds. The Labute approximate surface area is 127 Å². The Morgan fingerprint density at radius 1 is 1.00 bits per heavy atom. The van der Waals surface area contributed by atoms with Crippen molar-refractivity contribution in [1.29, 1.82) is 0 Å². The van der Waals surface area contributed by atoms with Crippen LogP contribution in [0.2, 0.25) is 0 Å². The Morgan fingerprint density at radius 2 is 1.71 bits per heavy atom. The molecular formula is C19H25NO. The molecule has 2 aromatic rings. The maximum Gasteiger partial charge on any atom is 0.115 e. The second-order valence-corrected chi connectivity index (χ2v) is 5.74. The highest BCUT2D eigenvalue weighted by atomic mass is 16.3. The van der Waals surface area contributed by atoms with Crippen LogP contribution in [-0.4, -0.2) is 18.2 Å². The lowest BCUT2D eigenvalue weighted by molar-refractivity contribution is 0.465. The van der Waals surface area contributed by atoms with Crippen LogP contribution >= 0.6 is 0 Å². The Kier molecular flexibility index (Phi) is 5.82. The fraction of sp³-hybridized carbons (Fsp3) is 0.368. The van der Waals surface area contributed by atoms with Crippen molar-refractivity contribution < 1.29 is 5.11 Å². The minimum atomic E-state index is 0.352. The summed E-state index contributed by atoms with van der Waals surface area (Å²) in [7, 11) is 0. The number of nitrogens with one attached hydrogen (secondary N) is 1. The topological polar surface area (TPSA) is 32.3 Å². The van der Waals surface area contributed by atoms with Gasteiger partial charge in [0.15, 0.2) is 0 Å². The molecule has 2 N–H and O–H groups in total. The third-order valence-electron chi connectivity index (χ3n) is 3.76. The van der Waals surface area contributed by atoms with Crippen molar-refractivity contribution in [3.63, 3.8) is 0 Å². The first-order valence-corrected chi connectivity index (χ1v) is 7.71. The largest absolute Gasteiger partial charge is 0.508 e. The summed E-state index contributed by atoms with van der Waals surface area (Å²) in [5.74, 6) is 0.888. The summed E-state index contributed by atoms with van der Waals surface area (Å²) < 4.78 is 0. The number of aryl methyl sites for hydroxylation is 1. The van der Waals surface area contributed by atoms with Crippen LogP contribution in [0.25, 0.3) is 0 Å². The second-order valence-electron chi connectivity index (χ2n) is 5.74. The number of phenols is 1. The first-order valence-electron chi connectivity index (χ1n) is 7.71. The highest BCUT2D eigenvalue weighted by molar-refractivity contribution is 5.28. The molecule has 112 valence electrons. The van der Waals surface area contributed by atoms with Gasteiger partial charge in [0.1, 0.15) is 5.75 Å². The highest BCUT2D eigenvalue weighted by Gasteiger charge is 2.11. The monoisotopic (exact) mass is 283 g/mol. The lowest BCUT2D eigenvalue weighted by Crippen LogP contribution is -2.25. The van der Waals surface area contributed by atoms with Gasteiger partial charge < -0.3 is 10.4 Å². The van der Waals surface area contributed by atoms with Gasteiger partial charge in [-0.25, -0.2) is 0 Å². The quantitative estimate of drug-likeness (QED) is 0.812. The van der Waals surface area contributed by atoms with Crippen LogP contribution in [0.15, 0.2) is 48.5 Å². The molecule has 0 radical (unpaired) electrons. The number of hydrogen-bond donors (Lipinski definition) is 2. The maximum atomic E-state index is 9.61. The van der Waals surface area contributed by atoms with Crippen molar-refractivity contribution in [1.82, 2.24) is 5.32 Å². The van der Waals surface area contributed by atoms with E-state index in [4.69, 9.17) is 0 Å². The first-order chi connectivity index (χ1) is 10.2. The van der Waals surface area contributed by atoms with E-state index in [9.17, 15) is 5.11 Å². The van der Waals surface area contributed by atoms with Gasteiger partial charge in [-0.15, -0.1) is 0 Å². The minimum absolute atomic E-state index is 0.352. The lowest BCUT2D eigenvalue weighted by atomic mass is 9.92. The second kappa shape index (κ2) is 7.84. The summed E-state index contributed by atoms with van der Waals surface area (Å²) in [5.41, 5.74) is 3.88. The molecular weight excluding hydrogens is 258 g/mol. The molecule has 0 bridgehead atoms. The predicted molar refractivity (Wildman–Crippen MR) is 88.7 cm³/mol. The highest BCUT2D eigenvalue weighted by Crippen LogP contribution is 2.18. The summed E-state index contributed by atoms with van der Waals surface area (Å²) >= 11 is 0. The van der Waals surface area contributed by atoms with Crippen LogP contribution in [0.3, 0.4) is 0 Å². The number of hydrogen-bond acceptors (Lipinski definition) is 2. The van der Waals surface area contributed by atoms with E-state index in [1.165, 1.54) is 16.7 Å². The van der Waals surface area contributed by atoms with E-state index in [0.29, 0.717) is 11.7 Å². The standard InChI is InChI=1S/C19H25NO/c1-3-20-14-18(11-16-9-7-15(2)8-10-16)12-17-5-4-6-19(21)13-17/h4-10,13,18,20-21H,3,11-12,14H2,1-2H3. The van der Waals surface area contributed by atoms with Gasteiger partial charge in [0.2, 0.25) is 0 Å². The molecule has 0 aliphatic rings. The van der Waals surface area contributed by atoms with Gasteiger partial charge in [-0.1, -0.05) is 48.9 Å². The lowest BCUT2D eigenvalue weighted by Gasteiger charge is -2.18. The van der Waals surface area contributed by atoms with E-state index in [1.54, 1.807) is 6.07 Å². The molecule has 0 spiro atoms. The fourth-order valence-electron chi connectivity index (χ4n) is 2.64. The third kappa shape index (κ3) is 5.24. The van der Waals surface area contributed by atoms with Gasteiger partial charge in [-0.05, 0) is 62.0 Å². The molecule has 0 fully saturated rings. The first kappa shape index (κ1) is 15.6. The fourth-order valence-corrected chi connectivity index (χ4v) is 2.64. The Balaban J connectivity index is 2.04. The average Bonchev–Trinajstić information content (AvgIpc) is 2.47. The van der Waals surface area contributed by atoms with Crippen LogP contribution in [0.5, 0.6) is 5.75 Å². The van der Waals surface area contributed by atoms with Crippen molar-refractivity contribution >= 4 is 0 Å². The third-order valence-corrected chi connectivity index (χ3v) is 3.76. The smallest absolute Gasteiger partial charge is 0.115 e.